The van der Waals surface area contributed by atoms with Crippen molar-refractivity contribution in [2.45, 2.75) is 13.5 Å². The van der Waals surface area contributed by atoms with Gasteiger partial charge in [0.05, 0.1) is 37.8 Å². The Kier molecular flexibility index (Phi) is 6.68. The van der Waals surface area contributed by atoms with Crippen LogP contribution in [-0.4, -0.2) is 41.3 Å². The third kappa shape index (κ3) is 4.71. The highest BCUT2D eigenvalue weighted by molar-refractivity contribution is 7.92. The van der Waals surface area contributed by atoms with Gasteiger partial charge in [-0.25, -0.2) is 8.42 Å². The number of hydrogen-bond donors (Lipinski definition) is 1. The van der Waals surface area contributed by atoms with Crippen molar-refractivity contribution in [1.82, 2.24) is 5.32 Å². The minimum atomic E-state index is -3.34. The molecule has 0 fully saturated rings. The standard InChI is InChI=1S/C19H24N2O5S/c1-5-27(23,24)21(2)15-11-9-14(10-12-15)19(22)20-13-16-17(25-3)7-6-8-18(16)26-4/h6-12H,5,13H2,1-4H3,(H,20,22). The summed E-state index contributed by atoms with van der Waals surface area (Å²) in [7, 11) is 1.26. The molecule has 0 unspecified atom stereocenters. The largest absolute Gasteiger partial charge is 0.496 e. The van der Waals surface area contributed by atoms with E-state index in [-0.39, 0.29) is 18.2 Å². The van der Waals surface area contributed by atoms with Gasteiger partial charge < -0.3 is 14.8 Å². The first-order valence-corrected chi connectivity index (χ1v) is 9.99. The molecular weight excluding hydrogens is 368 g/mol. The smallest absolute Gasteiger partial charge is 0.251 e. The Bertz CT molecular complexity index is 873. The van der Waals surface area contributed by atoms with E-state index in [9.17, 15) is 13.2 Å². The zero-order chi connectivity index (χ0) is 20.0. The number of ether oxygens (including phenoxy) is 2. The average Bonchev–Trinajstić information content (AvgIpc) is 2.71. The number of nitrogens with one attached hydrogen (secondary N) is 1. The lowest BCUT2D eigenvalue weighted by Crippen LogP contribution is -2.28. The number of hydrogen-bond acceptors (Lipinski definition) is 5. The van der Waals surface area contributed by atoms with Gasteiger partial charge in [-0.2, -0.15) is 0 Å². The van der Waals surface area contributed by atoms with Crippen LogP contribution in [0.3, 0.4) is 0 Å². The van der Waals surface area contributed by atoms with E-state index in [1.54, 1.807) is 57.5 Å². The van der Waals surface area contributed by atoms with E-state index < -0.39 is 10.0 Å². The van der Waals surface area contributed by atoms with Gasteiger partial charge in [0, 0.05) is 12.6 Å². The van der Waals surface area contributed by atoms with Gasteiger partial charge in [0.1, 0.15) is 11.5 Å². The van der Waals surface area contributed by atoms with Crippen molar-refractivity contribution in [3.63, 3.8) is 0 Å². The first-order valence-electron chi connectivity index (χ1n) is 8.38. The Morgan fingerprint density at radius 2 is 1.59 bits per heavy atom. The molecule has 0 aliphatic heterocycles. The van der Waals surface area contributed by atoms with Crippen LogP contribution in [0.2, 0.25) is 0 Å². The molecule has 0 atom stereocenters. The predicted octanol–water partition coefficient (Wildman–Crippen LogP) is 2.42. The number of anilines is 1. The molecule has 0 aromatic heterocycles. The van der Waals surface area contributed by atoms with Gasteiger partial charge in [0.15, 0.2) is 0 Å². The lowest BCUT2D eigenvalue weighted by molar-refractivity contribution is 0.0950. The van der Waals surface area contributed by atoms with Gasteiger partial charge in [-0.1, -0.05) is 6.07 Å². The van der Waals surface area contributed by atoms with Gasteiger partial charge in [-0.05, 0) is 43.3 Å². The molecule has 0 radical (unpaired) electrons. The van der Waals surface area contributed by atoms with E-state index in [4.69, 9.17) is 9.47 Å². The minimum absolute atomic E-state index is 0.00643. The number of methoxy groups -OCH3 is 2. The Labute approximate surface area is 160 Å². The number of sulfonamides is 1. The number of amides is 1. The van der Waals surface area contributed by atoms with Gasteiger partial charge in [0.25, 0.3) is 5.91 Å². The van der Waals surface area contributed by atoms with Crippen LogP contribution in [0.25, 0.3) is 0 Å². The van der Waals surface area contributed by atoms with Crippen LogP contribution < -0.4 is 19.1 Å². The zero-order valence-electron chi connectivity index (χ0n) is 15.9. The zero-order valence-corrected chi connectivity index (χ0v) is 16.7. The SMILES string of the molecule is CCS(=O)(=O)N(C)c1ccc(C(=O)NCc2c(OC)cccc2OC)cc1. The van der Waals surface area contributed by atoms with Crippen LogP contribution in [0.15, 0.2) is 42.5 Å². The summed E-state index contributed by atoms with van der Waals surface area (Å²) in [5, 5.41) is 2.82. The van der Waals surface area contributed by atoms with Crippen molar-refractivity contribution < 1.29 is 22.7 Å². The van der Waals surface area contributed by atoms with Crippen molar-refractivity contribution in [3.05, 3.63) is 53.6 Å². The summed E-state index contributed by atoms with van der Waals surface area (Å²) in [6, 6.07) is 11.8. The van der Waals surface area contributed by atoms with E-state index in [2.05, 4.69) is 5.32 Å². The van der Waals surface area contributed by atoms with Crippen molar-refractivity contribution in [2.75, 3.05) is 31.3 Å². The minimum Gasteiger partial charge on any atom is -0.496 e. The second-order valence-electron chi connectivity index (χ2n) is 5.74. The topological polar surface area (TPSA) is 84.9 Å². The molecule has 2 aromatic carbocycles. The molecule has 1 amide bonds. The Balaban J connectivity index is 2.12. The summed E-state index contributed by atoms with van der Waals surface area (Å²) in [4.78, 5) is 12.4. The number of benzene rings is 2. The second-order valence-corrected chi connectivity index (χ2v) is 8.03. The molecule has 2 rings (SSSR count). The van der Waals surface area contributed by atoms with E-state index in [0.29, 0.717) is 22.7 Å². The molecule has 0 spiro atoms. The van der Waals surface area contributed by atoms with Crippen LogP contribution in [0.1, 0.15) is 22.8 Å². The maximum atomic E-state index is 12.4. The monoisotopic (exact) mass is 392 g/mol. The summed E-state index contributed by atoms with van der Waals surface area (Å²) in [6.07, 6.45) is 0. The van der Waals surface area contributed by atoms with Gasteiger partial charge >= 0.3 is 0 Å². The Morgan fingerprint density at radius 1 is 1.04 bits per heavy atom. The maximum Gasteiger partial charge on any atom is 0.251 e. The molecule has 0 aliphatic rings. The fraction of sp³-hybridized carbons (Fsp3) is 0.316. The van der Waals surface area contributed by atoms with Gasteiger partial charge in [0.2, 0.25) is 10.0 Å². The predicted molar refractivity (Wildman–Crippen MR) is 105 cm³/mol. The maximum absolute atomic E-state index is 12.4. The summed E-state index contributed by atoms with van der Waals surface area (Å²) < 4.78 is 35.7. The van der Waals surface area contributed by atoms with Crippen molar-refractivity contribution >= 4 is 21.6 Å². The van der Waals surface area contributed by atoms with E-state index in [0.717, 1.165) is 5.56 Å². The van der Waals surface area contributed by atoms with Crippen molar-refractivity contribution in [3.8, 4) is 11.5 Å². The Hall–Kier alpha value is -2.74. The highest BCUT2D eigenvalue weighted by atomic mass is 32.2. The molecule has 27 heavy (non-hydrogen) atoms. The fourth-order valence-electron chi connectivity index (χ4n) is 2.55. The van der Waals surface area contributed by atoms with Crippen LogP contribution in [-0.2, 0) is 16.6 Å². The van der Waals surface area contributed by atoms with E-state index >= 15 is 0 Å². The molecule has 0 heterocycles. The number of rotatable bonds is 8. The van der Waals surface area contributed by atoms with Crippen molar-refractivity contribution in [1.29, 1.82) is 0 Å². The van der Waals surface area contributed by atoms with Gasteiger partial charge in [-0.3, -0.25) is 9.10 Å². The molecule has 146 valence electrons. The quantitative estimate of drug-likeness (QED) is 0.746. The lowest BCUT2D eigenvalue weighted by atomic mass is 10.1. The molecule has 0 saturated carbocycles. The Morgan fingerprint density at radius 3 is 2.07 bits per heavy atom. The summed E-state index contributed by atoms with van der Waals surface area (Å²) >= 11 is 0. The molecule has 0 bridgehead atoms. The van der Waals surface area contributed by atoms with Crippen LogP contribution >= 0.6 is 0 Å². The number of carbonyl (C=O) groups is 1. The van der Waals surface area contributed by atoms with Crippen LogP contribution in [0.5, 0.6) is 11.5 Å². The molecular formula is C19H24N2O5S. The normalized spacial score (nSPS) is 11.0. The van der Waals surface area contributed by atoms with E-state index in [1.165, 1.54) is 11.4 Å². The lowest BCUT2D eigenvalue weighted by Gasteiger charge is -2.18. The summed E-state index contributed by atoms with van der Waals surface area (Å²) in [6.45, 7) is 1.82. The first kappa shape index (κ1) is 20.6. The molecule has 0 saturated heterocycles. The fourth-order valence-corrected chi connectivity index (χ4v) is 3.38. The first-order chi connectivity index (χ1) is 12.8. The van der Waals surface area contributed by atoms with Crippen LogP contribution in [0, 0.1) is 0 Å². The highest BCUT2D eigenvalue weighted by Crippen LogP contribution is 2.28. The summed E-state index contributed by atoms with van der Waals surface area (Å²) in [5.74, 6) is 0.968. The second kappa shape index (κ2) is 8.77. The molecule has 0 aliphatic carbocycles. The van der Waals surface area contributed by atoms with Crippen LogP contribution in [0.4, 0.5) is 5.69 Å². The number of nitrogens with zero attached hydrogens (tertiary/aromatic N) is 1. The van der Waals surface area contributed by atoms with Gasteiger partial charge in [-0.15, -0.1) is 0 Å². The molecule has 1 N–H and O–H groups in total. The van der Waals surface area contributed by atoms with Crippen molar-refractivity contribution in [2.24, 2.45) is 0 Å². The molecule has 2 aromatic rings. The molecule has 7 nitrogen and oxygen atoms in total. The third-order valence-corrected chi connectivity index (χ3v) is 6.01. The van der Waals surface area contributed by atoms with E-state index in [1.807, 2.05) is 6.07 Å². The molecule has 8 heteroatoms. The number of carbonyl (C=O) groups excluding carboxylic acids is 1. The highest BCUT2D eigenvalue weighted by Gasteiger charge is 2.17. The average molecular weight is 392 g/mol. The third-order valence-electron chi connectivity index (χ3n) is 4.23. The summed E-state index contributed by atoms with van der Waals surface area (Å²) in [5.41, 5.74) is 1.66.